The van der Waals surface area contributed by atoms with Gasteiger partial charge in [0.1, 0.15) is 0 Å². The first kappa shape index (κ1) is 15.7. The molecule has 0 rings (SSSR count). The molecule has 3 nitrogen and oxygen atoms in total. The summed E-state index contributed by atoms with van der Waals surface area (Å²) < 4.78 is 0. The second-order valence-electron chi connectivity index (χ2n) is 0.250. The van der Waals surface area contributed by atoms with E-state index in [1.54, 1.807) is 0 Å². The Balaban J connectivity index is -0.0000000450. The molecular weight excluding hydrogens is 253 g/mol. The monoisotopic (exact) mass is 254 g/mol. The van der Waals surface area contributed by atoms with Gasteiger partial charge in [0.05, 0.1) is 0 Å². The van der Waals surface area contributed by atoms with Crippen molar-refractivity contribution in [1.29, 1.82) is 0 Å². The molecule has 0 amide bonds. The molecule has 0 atom stereocenters. The van der Waals surface area contributed by atoms with Crippen molar-refractivity contribution in [3.63, 3.8) is 0 Å². The average Bonchev–Trinajstić information content (AvgIpc) is 0.811. The number of carbonyl (C=O) groups excluding carboxylic acids is 1. The first-order valence-electron chi connectivity index (χ1n) is 0.612. The van der Waals surface area contributed by atoms with E-state index in [0.29, 0.717) is 0 Å². The molecule has 0 saturated carbocycles. The van der Waals surface area contributed by atoms with E-state index >= 15 is 0 Å². The summed E-state index contributed by atoms with van der Waals surface area (Å²) in [6.07, 6.45) is -2.33. The molecule has 5 heteroatoms. The molecular formula is CBaFeO3. The van der Waals surface area contributed by atoms with Crippen LogP contribution in [-0.2, 0) is 17.1 Å². The molecule has 0 aromatic carbocycles. The van der Waals surface area contributed by atoms with Crippen LogP contribution in [0.3, 0.4) is 0 Å². The third-order valence-corrected chi connectivity index (χ3v) is 0. The SMILES string of the molecule is O=C([O-])[O-].[Ba+2].[Fe]. The van der Waals surface area contributed by atoms with E-state index in [-0.39, 0.29) is 65.9 Å². The number of rotatable bonds is 0. The molecule has 0 bridgehead atoms. The Kier molecular flexibility index (Phi) is 25.1. The quantitative estimate of drug-likeness (QED) is 0.437. The van der Waals surface area contributed by atoms with Crippen molar-refractivity contribution in [2.45, 2.75) is 0 Å². The second-order valence-corrected chi connectivity index (χ2v) is 0.250. The van der Waals surface area contributed by atoms with Gasteiger partial charge in [-0.1, -0.05) is 0 Å². The van der Waals surface area contributed by atoms with Gasteiger partial charge in [-0.05, 0) is 6.16 Å². The van der Waals surface area contributed by atoms with Gasteiger partial charge < -0.3 is 15.0 Å². The number of carbonyl (C=O) groups is 1. The van der Waals surface area contributed by atoms with Gasteiger partial charge in [-0.2, -0.15) is 0 Å². The number of hydrogen-bond donors (Lipinski definition) is 0. The van der Waals surface area contributed by atoms with Gasteiger partial charge in [0, 0.05) is 17.1 Å². The first-order chi connectivity index (χ1) is 1.73. The Morgan fingerprint density at radius 1 is 1.33 bits per heavy atom. The molecule has 0 aromatic rings. The summed E-state index contributed by atoms with van der Waals surface area (Å²) in [5.41, 5.74) is 0. The van der Waals surface area contributed by atoms with Gasteiger partial charge >= 0.3 is 48.9 Å². The zero-order chi connectivity index (χ0) is 3.58. The maximum absolute atomic E-state index is 8.33. The van der Waals surface area contributed by atoms with Crippen LogP contribution in [-0.4, -0.2) is 55.0 Å². The Bertz CT molecular complexity index is 33.8. The molecule has 0 aliphatic heterocycles. The molecule has 0 heterocycles. The molecule has 0 aliphatic rings. The van der Waals surface area contributed by atoms with Crippen LogP contribution in [0, 0.1) is 0 Å². The van der Waals surface area contributed by atoms with Gasteiger partial charge in [0.15, 0.2) is 0 Å². The predicted molar refractivity (Wildman–Crippen MR) is 11.1 cm³/mol. The van der Waals surface area contributed by atoms with E-state index in [1.807, 2.05) is 0 Å². The first-order valence-corrected chi connectivity index (χ1v) is 0.612. The van der Waals surface area contributed by atoms with E-state index in [1.165, 1.54) is 0 Å². The summed E-state index contributed by atoms with van der Waals surface area (Å²) in [5, 5.41) is 16.7. The molecule has 0 radical (unpaired) electrons. The van der Waals surface area contributed by atoms with Crippen LogP contribution < -0.4 is 10.2 Å². The standard InChI is InChI=1S/CH2O3.Ba.Fe/c2-1(3)4;;/h(H2,2,3,4);;/q;+2;/p-2. The Hall–Kier alpha value is 1.36. The van der Waals surface area contributed by atoms with Crippen LogP contribution in [0.25, 0.3) is 0 Å². The minimum absolute atomic E-state index is 0. The zero-order valence-electron chi connectivity index (χ0n) is 2.79. The smallest absolute Gasteiger partial charge is 0.652 e. The zero-order valence-corrected chi connectivity index (χ0v) is 8.33. The van der Waals surface area contributed by atoms with Gasteiger partial charge in [-0.15, -0.1) is 0 Å². The van der Waals surface area contributed by atoms with Crippen molar-refractivity contribution in [2.24, 2.45) is 0 Å². The van der Waals surface area contributed by atoms with E-state index in [2.05, 4.69) is 0 Å². The number of hydrogen-bond acceptors (Lipinski definition) is 3. The fraction of sp³-hybridized carbons (Fsp3) is 0. The fourth-order valence-electron chi connectivity index (χ4n) is 0. The van der Waals surface area contributed by atoms with Gasteiger partial charge in [0.2, 0.25) is 0 Å². The second kappa shape index (κ2) is 9.61. The molecule has 0 aliphatic carbocycles. The maximum Gasteiger partial charge on any atom is 2.00 e. The van der Waals surface area contributed by atoms with Gasteiger partial charge in [-0.25, -0.2) is 0 Å². The third-order valence-electron chi connectivity index (χ3n) is 0. The van der Waals surface area contributed by atoms with Crippen molar-refractivity contribution in [1.82, 2.24) is 0 Å². The molecule has 0 saturated heterocycles. The van der Waals surface area contributed by atoms with Crippen LogP contribution in [0.4, 0.5) is 4.79 Å². The molecule has 0 aromatic heterocycles. The minimum atomic E-state index is -2.33. The van der Waals surface area contributed by atoms with Crippen LogP contribution in [0.1, 0.15) is 0 Å². The molecule has 0 fully saturated rings. The Morgan fingerprint density at radius 2 is 1.33 bits per heavy atom. The molecule has 0 spiro atoms. The summed E-state index contributed by atoms with van der Waals surface area (Å²) in [6.45, 7) is 0. The summed E-state index contributed by atoms with van der Waals surface area (Å²) in [5.74, 6) is 0. The minimum Gasteiger partial charge on any atom is -0.652 e. The van der Waals surface area contributed by atoms with Crippen molar-refractivity contribution < 1.29 is 32.1 Å². The third kappa shape index (κ3) is 55.0. The van der Waals surface area contributed by atoms with E-state index in [4.69, 9.17) is 15.0 Å². The molecule has 0 N–H and O–H groups in total. The molecule has 32 valence electrons. The Morgan fingerprint density at radius 3 is 1.33 bits per heavy atom. The number of carboxylic acid groups (broad SMARTS) is 2. The largest absolute Gasteiger partial charge is 2.00 e. The van der Waals surface area contributed by atoms with Crippen LogP contribution >= 0.6 is 0 Å². The van der Waals surface area contributed by atoms with Crippen molar-refractivity contribution in [2.75, 3.05) is 0 Å². The Labute approximate surface area is 85.7 Å². The van der Waals surface area contributed by atoms with Crippen LogP contribution in [0.15, 0.2) is 0 Å². The molecule has 6 heavy (non-hydrogen) atoms. The van der Waals surface area contributed by atoms with Gasteiger partial charge in [0.25, 0.3) is 0 Å². The topological polar surface area (TPSA) is 63.2 Å². The summed E-state index contributed by atoms with van der Waals surface area (Å²) in [6, 6.07) is 0. The van der Waals surface area contributed by atoms with E-state index in [0.717, 1.165) is 0 Å². The van der Waals surface area contributed by atoms with Crippen LogP contribution in [0.5, 0.6) is 0 Å². The molecule has 0 unspecified atom stereocenters. The summed E-state index contributed by atoms with van der Waals surface area (Å²) in [7, 11) is 0. The average molecular weight is 253 g/mol. The predicted octanol–water partition coefficient (Wildman–Crippen LogP) is -2.83. The van der Waals surface area contributed by atoms with Crippen molar-refractivity contribution >= 4 is 55.0 Å². The van der Waals surface area contributed by atoms with Crippen molar-refractivity contribution in [3.05, 3.63) is 0 Å². The van der Waals surface area contributed by atoms with E-state index < -0.39 is 6.16 Å². The summed E-state index contributed by atoms with van der Waals surface area (Å²) in [4.78, 5) is 8.33. The normalized spacial score (nSPS) is 4.00. The van der Waals surface area contributed by atoms with Crippen LogP contribution in [0.2, 0.25) is 0 Å². The van der Waals surface area contributed by atoms with Gasteiger partial charge in [-0.3, -0.25) is 0 Å². The maximum atomic E-state index is 8.33. The van der Waals surface area contributed by atoms with E-state index in [9.17, 15) is 0 Å². The summed E-state index contributed by atoms with van der Waals surface area (Å²) >= 11 is 0. The van der Waals surface area contributed by atoms with Crippen molar-refractivity contribution in [3.8, 4) is 0 Å². The fourth-order valence-corrected chi connectivity index (χ4v) is 0.